The highest BCUT2D eigenvalue weighted by Gasteiger charge is 2.48. The quantitative estimate of drug-likeness (QED) is 0.554. The highest BCUT2D eigenvalue weighted by atomic mass is 32.2. The Morgan fingerprint density at radius 3 is 2.67 bits per heavy atom. The molecule has 1 fully saturated rings. The normalized spacial score (nSPS) is 31.7. The van der Waals surface area contributed by atoms with Crippen LogP contribution in [0.15, 0.2) is 0 Å². The van der Waals surface area contributed by atoms with Crippen molar-refractivity contribution < 1.29 is 23.1 Å². The molecule has 7 nitrogen and oxygen atoms in total. The van der Waals surface area contributed by atoms with Crippen molar-refractivity contribution in [3.8, 4) is 0 Å². The summed E-state index contributed by atoms with van der Waals surface area (Å²) in [7, 11) is -2.40. The van der Waals surface area contributed by atoms with E-state index in [0.29, 0.717) is 0 Å². The van der Waals surface area contributed by atoms with Gasteiger partial charge in [0.2, 0.25) is 0 Å². The molecule has 3 N–H and O–H groups in total. The number of carboxylic acid groups (broad SMARTS) is 1. The van der Waals surface area contributed by atoms with E-state index in [2.05, 4.69) is 9.44 Å². The van der Waals surface area contributed by atoms with Gasteiger partial charge in [-0.15, -0.1) is 0 Å². The predicted molar refractivity (Wildman–Crippen MR) is 51.5 cm³/mol. The molecule has 2 atom stereocenters. The molecule has 1 aliphatic heterocycles. The van der Waals surface area contributed by atoms with E-state index in [1.165, 1.54) is 14.0 Å². The topological polar surface area (TPSA) is 105 Å². The smallest absolute Gasteiger partial charge is 0.313 e. The van der Waals surface area contributed by atoms with Gasteiger partial charge in [-0.25, -0.2) is 4.72 Å². The highest BCUT2D eigenvalue weighted by molar-refractivity contribution is 7.87. The lowest BCUT2D eigenvalue weighted by atomic mass is 9.86. The fourth-order valence-corrected chi connectivity index (χ4v) is 2.11. The number of hydrogen-bond donors (Lipinski definition) is 3. The van der Waals surface area contributed by atoms with E-state index in [1.54, 1.807) is 0 Å². The summed E-state index contributed by atoms with van der Waals surface area (Å²) in [6, 6.07) is -0.757. The molecule has 0 saturated carbocycles. The van der Waals surface area contributed by atoms with Crippen LogP contribution in [0.4, 0.5) is 0 Å². The van der Waals surface area contributed by atoms with Crippen molar-refractivity contribution in [3.05, 3.63) is 0 Å². The average molecular weight is 238 g/mol. The van der Waals surface area contributed by atoms with Crippen molar-refractivity contribution in [1.29, 1.82) is 0 Å². The van der Waals surface area contributed by atoms with E-state index < -0.39 is 27.6 Å². The summed E-state index contributed by atoms with van der Waals surface area (Å²) < 4.78 is 31.7. The maximum atomic E-state index is 11.2. The minimum atomic E-state index is -3.65. The molecule has 1 saturated heterocycles. The van der Waals surface area contributed by atoms with Gasteiger partial charge in [0, 0.05) is 7.05 Å². The lowest BCUT2D eigenvalue weighted by Gasteiger charge is -2.24. The Morgan fingerprint density at radius 1 is 1.60 bits per heavy atom. The maximum absolute atomic E-state index is 11.2. The standard InChI is InChI=1S/C7H14N2O5S/c1-7(6(10)11)4-14-3-5(7)9-15(12,13)8-2/h5,8-9H,3-4H2,1-2H3,(H,10,11). The van der Waals surface area contributed by atoms with Crippen LogP contribution in [0.2, 0.25) is 0 Å². The third-order valence-corrected chi connectivity index (χ3v) is 3.64. The summed E-state index contributed by atoms with van der Waals surface area (Å²) in [6.45, 7) is 1.51. The Bertz CT molecular complexity index is 354. The first-order valence-electron chi connectivity index (χ1n) is 4.34. The molecule has 0 radical (unpaired) electrons. The zero-order valence-electron chi connectivity index (χ0n) is 8.48. The Kier molecular flexibility index (Phi) is 3.34. The summed E-state index contributed by atoms with van der Waals surface area (Å²) >= 11 is 0. The minimum Gasteiger partial charge on any atom is -0.481 e. The summed E-state index contributed by atoms with van der Waals surface area (Å²) in [5.41, 5.74) is -1.22. The van der Waals surface area contributed by atoms with E-state index in [9.17, 15) is 13.2 Å². The third-order valence-electron chi connectivity index (χ3n) is 2.51. The summed E-state index contributed by atoms with van der Waals surface area (Å²) in [6.07, 6.45) is 0. The van der Waals surface area contributed by atoms with Crippen LogP contribution in [0.5, 0.6) is 0 Å². The van der Waals surface area contributed by atoms with Gasteiger partial charge < -0.3 is 9.84 Å². The zero-order chi connectivity index (χ0) is 11.7. The van der Waals surface area contributed by atoms with E-state index in [0.717, 1.165) is 0 Å². The molecular formula is C7H14N2O5S. The Hall–Kier alpha value is -0.700. The SMILES string of the molecule is CNS(=O)(=O)NC1COCC1(C)C(=O)O. The molecule has 0 aromatic carbocycles. The molecule has 1 heterocycles. The fourth-order valence-electron chi connectivity index (χ4n) is 1.29. The second kappa shape index (κ2) is 4.05. The first-order valence-corrected chi connectivity index (χ1v) is 5.82. The number of carboxylic acids is 1. The van der Waals surface area contributed by atoms with E-state index in [4.69, 9.17) is 9.84 Å². The molecule has 0 amide bonds. The second-order valence-corrected chi connectivity index (χ2v) is 5.27. The molecule has 1 rings (SSSR count). The summed E-state index contributed by atoms with van der Waals surface area (Å²) in [5.74, 6) is -1.08. The number of rotatable bonds is 4. The maximum Gasteiger partial charge on any atom is 0.313 e. The van der Waals surface area contributed by atoms with Crippen molar-refractivity contribution >= 4 is 16.2 Å². The van der Waals surface area contributed by atoms with Gasteiger partial charge in [0.15, 0.2) is 0 Å². The molecule has 0 aliphatic carbocycles. The number of nitrogens with one attached hydrogen (secondary N) is 2. The predicted octanol–water partition coefficient (Wildman–Crippen LogP) is -1.47. The largest absolute Gasteiger partial charge is 0.481 e. The van der Waals surface area contributed by atoms with Crippen LogP contribution >= 0.6 is 0 Å². The number of carbonyl (C=O) groups is 1. The summed E-state index contributed by atoms with van der Waals surface area (Å²) in [5, 5.41) is 8.98. The zero-order valence-corrected chi connectivity index (χ0v) is 9.30. The highest BCUT2D eigenvalue weighted by Crippen LogP contribution is 2.28. The van der Waals surface area contributed by atoms with Gasteiger partial charge in [-0.2, -0.15) is 13.1 Å². The average Bonchev–Trinajstić information content (AvgIpc) is 2.49. The van der Waals surface area contributed by atoms with E-state index in [1.807, 2.05) is 0 Å². The molecule has 8 heteroatoms. The van der Waals surface area contributed by atoms with Gasteiger partial charge in [0.05, 0.1) is 19.3 Å². The van der Waals surface area contributed by atoms with Crippen LogP contribution in [-0.4, -0.2) is 45.8 Å². The fraction of sp³-hybridized carbons (Fsp3) is 0.857. The molecule has 0 bridgehead atoms. The first-order chi connectivity index (χ1) is 6.82. The number of aliphatic carboxylic acids is 1. The molecule has 0 spiro atoms. The van der Waals surface area contributed by atoms with Crippen LogP contribution in [0.3, 0.4) is 0 Å². The third kappa shape index (κ3) is 2.46. The van der Waals surface area contributed by atoms with Gasteiger partial charge in [0.1, 0.15) is 5.41 Å². The monoisotopic (exact) mass is 238 g/mol. The van der Waals surface area contributed by atoms with Gasteiger partial charge in [-0.3, -0.25) is 4.79 Å². The van der Waals surface area contributed by atoms with Crippen LogP contribution in [0.25, 0.3) is 0 Å². The lowest BCUT2D eigenvalue weighted by Crippen LogP contribution is -2.52. The van der Waals surface area contributed by atoms with Gasteiger partial charge >= 0.3 is 5.97 Å². The first kappa shape index (κ1) is 12.4. The Morgan fingerprint density at radius 2 is 2.20 bits per heavy atom. The van der Waals surface area contributed by atoms with Gasteiger partial charge in [0.25, 0.3) is 10.2 Å². The number of ether oxygens (including phenoxy) is 1. The molecule has 0 aromatic rings. The van der Waals surface area contributed by atoms with Crippen LogP contribution in [-0.2, 0) is 19.7 Å². The molecular weight excluding hydrogens is 224 g/mol. The molecule has 1 aliphatic rings. The van der Waals surface area contributed by atoms with E-state index >= 15 is 0 Å². The van der Waals surface area contributed by atoms with Gasteiger partial charge in [-0.05, 0) is 6.92 Å². The second-order valence-electron chi connectivity index (χ2n) is 3.62. The number of hydrogen-bond acceptors (Lipinski definition) is 4. The molecule has 2 unspecified atom stereocenters. The van der Waals surface area contributed by atoms with Crippen LogP contribution in [0.1, 0.15) is 6.92 Å². The van der Waals surface area contributed by atoms with Crippen molar-refractivity contribution in [2.24, 2.45) is 5.41 Å². The Balaban J connectivity index is 2.83. The van der Waals surface area contributed by atoms with E-state index in [-0.39, 0.29) is 13.2 Å². The van der Waals surface area contributed by atoms with Crippen LogP contribution < -0.4 is 9.44 Å². The Labute approximate surface area is 88.0 Å². The molecule has 88 valence electrons. The van der Waals surface area contributed by atoms with Crippen molar-refractivity contribution in [1.82, 2.24) is 9.44 Å². The summed E-state index contributed by atoms with van der Waals surface area (Å²) in [4.78, 5) is 11.0. The van der Waals surface area contributed by atoms with Crippen molar-refractivity contribution in [2.45, 2.75) is 13.0 Å². The molecule has 15 heavy (non-hydrogen) atoms. The van der Waals surface area contributed by atoms with Crippen molar-refractivity contribution in [3.63, 3.8) is 0 Å². The van der Waals surface area contributed by atoms with Crippen LogP contribution in [0, 0.1) is 5.41 Å². The van der Waals surface area contributed by atoms with Gasteiger partial charge in [-0.1, -0.05) is 0 Å². The lowest BCUT2D eigenvalue weighted by molar-refractivity contribution is -0.148. The minimum absolute atomic E-state index is 0.000760. The molecule has 0 aromatic heterocycles. The van der Waals surface area contributed by atoms with Crippen molar-refractivity contribution in [2.75, 3.05) is 20.3 Å².